The smallest absolute Gasteiger partial charge is 0.223 e. The molecule has 1 fully saturated rings. The van der Waals surface area contributed by atoms with Gasteiger partial charge in [-0.05, 0) is 44.4 Å². The number of hydrogen-bond acceptors (Lipinski definition) is 2. The molecule has 0 unspecified atom stereocenters. The van der Waals surface area contributed by atoms with E-state index in [4.69, 9.17) is 5.73 Å². The summed E-state index contributed by atoms with van der Waals surface area (Å²) in [5.74, 6) is 1.09. The van der Waals surface area contributed by atoms with Crippen molar-refractivity contribution >= 4 is 5.91 Å². The van der Waals surface area contributed by atoms with E-state index < -0.39 is 0 Å². The predicted octanol–water partition coefficient (Wildman–Crippen LogP) is 2.06. The fraction of sp³-hybridized carbons (Fsp3) is 0.923. The van der Waals surface area contributed by atoms with Crippen LogP contribution in [0.1, 0.15) is 52.4 Å². The van der Waals surface area contributed by atoms with Crippen molar-refractivity contribution in [3.05, 3.63) is 0 Å². The summed E-state index contributed by atoms with van der Waals surface area (Å²) >= 11 is 0. The van der Waals surface area contributed by atoms with Crippen molar-refractivity contribution in [3.63, 3.8) is 0 Å². The molecule has 0 spiro atoms. The van der Waals surface area contributed by atoms with E-state index in [2.05, 4.69) is 19.2 Å². The highest BCUT2D eigenvalue weighted by Crippen LogP contribution is 2.22. The second-order valence-electron chi connectivity index (χ2n) is 5.04. The van der Waals surface area contributed by atoms with E-state index >= 15 is 0 Å². The van der Waals surface area contributed by atoms with E-state index in [0.29, 0.717) is 12.0 Å². The monoisotopic (exact) mass is 226 g/mol. The molecule has 1 aliphatic carbocycles. The first kappa shape index (κ1) is 13.5. The molecular formula is C13H26N2O. The van der Waals surface area contributed by atoms with Crippen LogP contribution < -0.4 is 11.1 Å². The number of hydrogen-bond donors (Lipinski definition) is 2. The van der Waals surface area contributed by atoms with Gasteiger partial charge in [0.1, 0.15) is 0 Å². The molecular weight excluding hydrogens is 200 g/mol. The maximum Gasteiger partial charge on any atom is 0.223 e. The molecule has 3 nitrogen and oxygen atoms in total. The second-order valence-corrected chi connectivity index (χ2v) is 5.04. The second kappa shape index (κ2) is 6.89. The lowest BCUT2D eigenvalue weighted by Crippen LogP contribution is -2.36. The molecule has 0 aromatic rings. The molecule has 1 rings (SSSR count). The fourth-order valence-electron chi connectivity index (χ4n) is 2.44. The predicted molar refractivity (Wildman–Crippen MR) is 67.0 cm³/mol. The van der Waals surface area contributed by atoms with Crippen LogP contribution >= 0.6 is 0 Å². The zero-order chi connectivity index (χ0) is 12.0. The van der Waals surface area contributed by atoms with Gasteiger partial charge in [-0.3, -0.25) is 4.79 Å². The van der Waals surface area contributed by atoms with E-state index in [1.807, 2.05) is 0 Å². The lowest BCUT2D eigenvalue weighted by molar-refractivity contribution is -0.125. The lowest BCUT2D eigenvalue weighted by Gasteiger charge is -2.26. The molecule has 0 aliphatic heterocycles. The summed E-state index contributed by atoms with van der Waals surface area (Å²) in [6.07, 6.45) is 6.46. The van der Waals surface area contributed by atoms with Crippen LogP contribution in [0.2, 0.25) is 0 Å². The summed E-state index contributed by atoms with van der Waals surface area (Å²) in [6, 6.07) is 0.394. The summed E-state index contributed by atoms with van der Waals surface area (Å²) in [5, 5.41) is 3.09. The van der Waals surface area contributed by atoms with Crippen molar-refractivity contribution in [1.82, 2.24) is 5.32 Å². The van der Waals surface area contributed by atoms with Crippen molar-refractivity contribution < 1.29 is 4.79 Å². The number of rotatable bonds is 5. The first-order chi connectivity index (χ1) is 7.67. The van der Waals surface area contributed by atoms with Crippen LogP contribution in [0.3, 0.4) is 0 Å². The summed E-state index contributed by atoms with van der Waals surface area (Å²) < 4.78 is 0. The molecule has 0 aromatic carbocycles. The van der Waals surface area contributed by atoms with Gasteiger partial charge in [-0.1, -0.05) is 13.8 Å². The SMILES string of the molecule is CCC(CC)C(=O)NCC1CCC(N)CC1. The molecule has 0 saturated heterocycles. The number of amides is 1. The van der Waals surface area contributed by atoms with Gasteiger partial charge >= 0.3 is 0 Å². The van der Waals surface area contributed by atoms with Crippen LogP contribution in [-0.2, 0) is 4.79 Å². The molecule has 1 saturated carbocycles. The van der Waals surface area contributed by atoms with Crippen molar-refractivity contribution in [2.45, 2.75) is 58.4 Å². The summed E-state index contributed by atoms with van der Waals surface area (Å²) in [7, 11) is 0. The number of carbonyl (C=O) groups is 1. The average molecular weight is 226 g/mol. The Morgan fingerprint density at radius 1 is 1.25 bits per heavy atom. The van der Waals surface area contributed by atoms with Crippen LogP contribution in [0, 0.1) is 11.8 Å². The molecule has 0 aromatic heterocycles. The lowest BCUT2D eigenvalue weighted by atomic mass is 9.86. The molecule has 0 radical (unpaired) electrons. The van der Waals surface area contributed by atoms with Crippen molar-refractivity contribution in [2.75, 3.05) is 6.54 Å². The normalized spacial score (nSPS) is 25.8. The zero-order valence-electron chi connectivity index (χ0n) is 10.7. The molecule has 0 atom stereocenters. The van der Waals surface area contributed by atoms with Crippen LogP contribution in [-0.4, -0.2) is 18.5 Å². The summed E-state index contributed by atoms with van der Waals surface area (Å²) in [6.45, 7) is 5.00. The average Bonchev–Trinajstić information content (AvgIpc) is 2.30. The number of carbonyl (C=O) groups excluding carboxylic acids is 1. The third-order valence-corrected chi connectivity index (χ3v) is 3.81. The van der Waals surface area contributed by atoms with Crippen molar-refractivity contribution in [1.29, 1.82) is 0 Å². The van der Waals surface area contributed by atoms with Gasteiger partial charge in [0.05, 0.1) is 0 Å². The fourth-order valence-corrected chi connectivity index (χ4v) is 2.44. The first-order valence-electron chi connectivity index (χ1n) is 6.70. The Labute approximate surface area is 99.2 Å². The first-order valence-corrected chi connectivity index (χ1v) is 6.70. The largest absolute Gasteiger partial charge is 0.356 e. The van der Waals surface area contributed by atoms with Gasteiger partial charge < -0.3 is 11.1 Å². The van der Waals surface area contributed by atoms with Gasteiger partial charge in [-0.15, -0.1) is 0 Å². The topological polar surface area (TPSA) is 55.1 Å². The minimum absolute atomic E-state index is 0.200. The zero-order valence-corrected chi connectivity index (χ0v) is 10.7. The van der Waals surface area contributed by atoms with E-state index in [1.165, 1.54) is 12.8 Å². The van der Waals surface area contributed by atoms with E-state index in [1.54, 1.807) is 0 Å². The van der Waals surface area contributed by atoms with Crippen molar-refractivity contribution in [3.8, 4) is 0 Å². The Morgan fingerprint density at radius 2 is 1.81 bits per heavy atom. The maximum absolute atomic E-state index is 11.8. The molecule has 3 N–H and O–H groups in total. The van der Waals surface area contributed by atoms with Gasteiger partial charge in [-0.2, -0.15) is 0 Å². The molecule has 1 amide bonds. The van der Waals surface area contributed by atoms with Gasteiger partial charge in [0, 0.05) is 18.5 Å². The Morgan fingerprint density at radius 3 is 2.31 bits per heavy atom. The van der Waals surface area contributed by atoms with Crippen LogP contribution in [0.4, 0.5) is 0 Å². The van der Waals surface area contributed by atoms with Crippen molar-refractivity contribution in [2.24, 2.45) is 17.6 Å². The highest BCUT2D eigenvalue weighted by molar-refractivity contribution is 5.78. The molecule has 3 heteroatoms. The van der Waals surface area contributed by atoms with Gasteiger partial charge in [-0.25, -0.2) is 0 Å². The Balaban J connectivity index is 2.21. The molecule has 1 aliphatic rings. The molecule has 94 valence electrons. The van der Waals surface area contributed by atoms with E-state index in [9.17, 15) is 4.79 Å². The van der Waals surface area contributed by atoms with E-state index in [0.717, 1.165) is 32.2 Å². The third-order valence-electron chi connectivity index (χ3n) is 3.81. The summed E-state index contributed by atoms with van der Waals surface area (Å²) in [5.41, 5.74) is 5.86. The quantitative estimate of drug-likeness (QED) is 0.754. The standard InChI is InChI=1S/C13H26N2O/c1-3-11(4-2)13(16)15-9-10-5-7-12(14)8-6-10/h10-12H,3-9,14H2,1-2H3,(H,15,16). The molecule has 0 heterocycles. The highest BCUT2D eigenvalue weighted by Gasteiger charge is 2.20. The highest BCUT2D eigenvalue weighted by atomic mass is 16.1. The van der Waals surface area contributed by atoms with Gasteiger partial charge in [0.15, 0.2) is 0 Å². The summed E-state index contributed by atoms with van der Waals surface area (Å²) in [4.78, 5) is 11.8. The Hall–Kier alpha value is -0.570. The van der Waals surface area contributed by atoms with Crippen LogP contribution in [0.15, 0.2) is 0 Å². The minimum atomic E-state index is 0.200. The maximum atomic E-state index is 11.8. The Bertz CT molecular complexity index is 206. The van der Waals surface area contributed by atoms with Crippen LogP contribution in [0.5, 0.6) is 0 Å². The minimum Gasteiger partial charge on any atom is -0.356 e. The third kappa shape index (κ3) is 4.12. The van der Waals surface area contributed by atoms with E-state index in [-0.39, 0.29) is 11.8 Å². The van der Waals surface area contributed by atoms with Gasteiger partial charge in [0.2, 0.25) is 5.91 Å². The van der Waals surface area contributed by atoms with Crippen LogP contribution in [0.25, 0.3) is 0 Å². The number of nitrogens with two attached hydrogens (primary N) is 1. The molecule has 0 bridgehead atoms. The van der Waals surface area contributed by atoms with Gasteiger partial charge in [0.25, 0.3) is 0 Å². The number of nitrogens with one attached hydrogen (secondary N) is 1. The molecule has 16 heavy (non-hydrogen) atoms. The Kier molecular flexibility index (Phi) is 5.81.